The van der Waals surface area contributed by atoms with Crippen LogP contribution in [-0.2, 0) is 23.2 Å². The van der Waals surface area contributed by atoms with E-state index in [-0.39, 0.29) is 46.5 Å². The van der Waals surface area contributed by atoms with Gasteiger partial charge in [0, 0.05) is 0 Å². The Bertz CT molecular complexity index is 681. The van der Waals surface area contributed by atoms with Crippen LogP contribution in [0.5, 0.6) is 0 Å². The monoisotopic (exact) mass is 514 g/mol. The van der Waals surface area contributed by atoms with Crippen LogP contribution in [0.25, 0.3) is 0 Å². The van der Waals surface area contributed by atoms with Crippen LogP contribution < -0.4 is 24.8 Å². The van der Waals surface area contributed by atoms with Gasteiger partial charge in [-0.15, -0.1) is 0 Å². The molecule has 29 heavy (non-hydrogen) atoms. The predicted molar refractivity (Wildman–Crippen MR) is 117 cm³/mol. The summed E-state index contributed by atoms with van der Waals surface area (Å²) in [5, 5.41) is 0. The van der Waals surface area contributed by atoms with Crippen molar-refractivity contribution in [3.8, 4) is 0 Å². The van der Waals surface area contributed by atoms with Gasteiger partial charge in [0.2, 0.25) is 0 Å². The predicted octanol–water partition coefficient (Wildman–Crippen LogP) is 2.43. The summed E-state index contributed by atoms with van der Waals surface area (Å²) in [6, 6.07) is 0. The summed E-state index contributed by atoms with van der Waals surface area (Å²) in [5.41, 5.74) is 7.61. The molecule has 0 aromatic rings. The maximum atomic E-state index is 2.56. The minimum absolute atomic E-state index is 0. The quantitative estimate of drug-likeness (QED) is 0.539. The van der Waals surface area contributed by atoms with Gasteiger partial charge in [0.15, 0.2) is 0 Å². The topological polar surface area (TPSA) is 0 Å². The third-order valence-electron chi connectivity index (χ3n) is 7.96. The number of halogens is 2. The van der Waals surface area contributed by atoms with E-state index in [1.165, 1.54) is 12.8 Å². The van der Waals surface area contributed by atoms with E-state index in [0.717, 1.165) is 0 Å². The average molecular weight is 517 g/mol. The molecule has 0 atom stereocenters. The summed E-state index contributed by atoms with van der Waals surface area (Å²) >= 11 is -0.833. The molecule has 0 fully saturated rings. The maximum absolute atomic E-state index is 2.56. The van der Waals surface area contributed by atoms with Crippen LogP contribution in [0.3, 0.4) is 0 Å². The standard InChI is InChI=1S/2C13H21.2ClH.Zr/c2*1-10-7-8-11(9-10)13(5,6)12(2,3)4;;;/h2*8H,7H2,1-6H3;2*1H;/q;;;;+2/p-2. The molecule has 0 nitrogen and oxygen atoms in total. The van der Waals surface area contributed by atoms with Gasteiger partial charge in [-0.3, -0.25) is 0 Å². The van der Waals surface area contributed by atoms with E-state index in [2.05, 4.69) is 95.2 Å². The number of allylic oxidation sites excluding steroid dienone is 8. The van der Waals surface area contributed by atoms with Gasteiger partial charge < -0.3 is 24.8 Å². The Labute approximate surface area is 205 Å². The summed E-state index contributed by atoms with van der Waals surface area (Å²) in [4.78, 5) is 0. The van der Waals surface area contributed by atoms with E-state index in [1.54, 1.807) is 28.9 Å². The van der Waals surface area contributed by atoms with Crippen molar-refractivity contribution in [1.29, 1.82) is 0 Å². The van der Waals surface area contributed by atoms with Gasteiger partial charge in [0.05, 0.1) is 0 Å². The van der Waals surface area contributed by atoms with E-state index in [0.29, 0.717) is 0 Å². The fourth-order valence-corrected chi connectivity index (χ4v) is 8.66. The Hall–Kier alpha value is 0.423. The van der Waals surface area contributed by atoms with Crippen molar-refractivity contribution in [2.45, 2.75) is 95.9 Å². The summed E-state index contributed by atoms with van der Waals surface area (Å²) in [6.45, 7) is 29.0. The summed E-state index contributed by atoms with van der Waals surface area (Å²) in [5.74, 6) is 0. The second-order valence-corrected chi connectivity index (χ2v) is 14.9. The SMILES string of the molecule is CC1=[C]([Zr+2][C]2=C(C)CC=C2C(C)(C)C(C)(C)C)C(C(C)(C)C(C)(C)C)=CC1.[Cl-].[Cl-]. The third kappa shape index (κ3) is 5.44. The van der Waals surface area contributed by atoms with E-state index in [1.807, 2.05) is 0 Å². The van der Waals surface area contributed by atoms with Gasteiger partial charge in [0.25, 0.3) is 0 Å². The molecular weight excluding hydrogens is 474 g/mol. The molecule has 0 aromatic carbocycles. The molecule has 0 heterocycles. The van der Waals surface area contributed by atoms with Crippen LogP contribution in [0, 0.1) is 21.7 Å². The molecular formula is C26H42Cl2Zr. The van der Waals surface area contributed by atoms with Crippen molar-refractivity contribution in [2.75, 3.05) is 0 Å². The van der Waals surface area contributed by atoms with Crippen molar-refractivity contribution in [2.24, 2.45) is 21.7 Å². The second kappa shape index (κ2) is 9.50. The number of hydrogen-bond acceptors (Lipinski definition) is 0. The fraction of sp³-hybridized carbons (Fsp3) is 0.692. The average Bonchev–Trinajstić information content (AvgIpc) is 3.02. The van der Waals surface area contributed by atoms with Crippen LogP contribution in [0.2, 0.25) is 0 Å². The first-order valence-electron chi connectivity index (χ1n) is 10.6. The smallest absolute Gasteiger partial charge is 1.00 e. The van der Waals surface area contributed by atoms with Gasteiger partial charge in [-0.05, 0) is 0 Å². The maximum Gasteiger partial charge on any atom is -1.00 e. The van der Waals surface area contributed by atoms with Gasteiger partial charge in [-0.1, -0.05) is 0 Å². The van der Waals surface area contributed by atoms with Crippen molar-refractivity contribution >= 4 is 0 Å². The van der Waals surface area contributed by atoms with Gasteiger partial charge in [-0.2, -0.15) is 0 Å². The van der Waals surface area contributed by atoms with Crippen molar-refractivity contribution in [1.82, 2.24) is 0 Å². The Morgan fingerprint density at radius 3 is 1.10 bits per heavy atom. The zero-order valence-corrected chi connectivity index (χ0v) is 24.8. The Morgan fingerprint density at radius 2 is 0.862 bits per heavy atom. The molecule has 0 aromatic heterocycles. The molecule has 0 spiro atoms. The first kappa shape index (κ1) is 29.4. The Morgan fingerprint density at radius 1 is 0.586 bits per heavy atom. The van der Waals surface area contributed by atoms with E-state index < -0.39 is 23.2 Å². The molecule has 164 valence electrons. The first-order chi connectivity index (χ1) is 12.0. The van der Waals surface area contributed by atoms with Crippen LogP contribution in [-0.4, -0.2) is 0 Å². The van der Waals surface area contributed by atoms with E-state index in [4.69, 9.17) is 0 Å². The molecule has 0 amide bonds. The van der Waals surface area contributed by atoms with E-state index in [9.17, 15) is 0 Å². The molecule has 3 heteroatoms. The number of rotatable bonds is 4. The van der Waals surface area contributed by atoms with E-state index >= 15 is 0 Å². The first-order valence-corrected chi connectivity index (χ1v) is 13.1. The van der Waals surface area contributed by atoms with Crippen LogP contribution in [0.15, 0.2) is 41.0 Å². The van der Waals surface area contributed by atoms with Crippen molar-refractivity contribution < 1.29 is 48.0 Å². The normalized spacial score (nSPS) is 18.2. The summed E-state index contributed by atoms with van der Waals surface area (Å²) in [6.07, 6.45) is 7.44. The van der Waals surface area contributed by atoms with Gasteiger partial charge in [-0.25, -0.2) is 0 Å². The van der Waals surface area contributed by atoms with Crippen LogP contribution >= 0.6 is 0 Å². The molecule has 0 saturated heterocycles. The molecule has 2 rings (SSSR count). The van der Waals surface area contributed by atoms with Gasteiger partial charge >= 0.3 is 182 Å². The summed E-state index contributed by atoms with van der Waals surface area (Å²) < 4.78 is 3.57. The van der Waals surface area contributed by atoms with Crippen LogP contribution in [0.4, 0.5) is 0 Å². The number of hydrogen-bond donors (Lipinski definition) is 0. The van der Waals surface area contributed by atoms with Gasteiger partial charge in [0.1, 0.15) is 0 Å². The summed E-state index contributed by atoms with van der Waals surface area (Å²) in [7, 11) is 0. The largest absolute Gasteiger partial charge is 1.00 e. The molecule has 0 N–H and O–H groups in total. The van der Waals surface area contributed by atoms with Crippen molar-refractivity contribution in [3.63, 3.8) is 0 Å². The molecule has 0 saturated carbocycles. The van der Waals surface area contributed by atoms with Crippen molar-refractivity contribution in [3.05, 3.63) is 41.0 Å². The van der Waals surface area contributed by atoms with Crippen LogP contribution in [0.1, 0.15) is 95.9 Å². The third-order valence-corrected chi connectivity index (χ3v) is 12.6. The molecule has 0 aliphatic heterocycles. The zero-order chi connectivity index (χ0) is 21.0. The molecule has 2 aliphatic carbocycles. The zero-order valence-electron chi connectivity index (χ0n) is 20.8. The minimum Gasteiger partial charge on any atom is -1.00 e. The fourth-order valence-electron chi connectivity index (χ4n) is 3.79. The molecule has 0 bridgehead atoms. The molecule has 0 radical (unpaired) electrons. The molecule has 0 unspecified atom stereocenters. The Kier molecular flexibility index (Phi) is 9.64. The molecule has 2 aliphatic rings. The minimum atomic E-state index is -0.833. The Balaban J connectivity index is 0.00000392. The second-order valence-electron chi connectivity index (χ2n) is 11.8.